The Kier molecular flexibility index (Phi) is 5.27. The zero-order valence-corrected chi connectivity index (χ0v) is 14.8. The molecule has 2 aromatic carbocycles. The van der Waals surface area contributed by atoms with Crippen molar-refractivity contribution in [1.82, 2.24) is 4.90 Å². The van der Waals surface area contributed by atoms with Crippen molar-refractivity contribution < 1.29 is 9.90 Å². The fourth-order valence-electron chi connectivity index (χ4n) is 3.14. The van der Waals surface area contributed by atoms with Crippen LogP contribution < -0.4 is 0 Å². The number of nitrogens with zero attached hydrogens (tertiary/aromatic N) is 1. The zero-order valence-electron chi connectivity index (χ0n) is 13.9. The Bertz CT molecular complexity index is 698. The molecule has 1 aliphatic heterocycles. The molecule has 1 fully saturated rings. The van der Waals surface area contributed by atoms with Crippen LogP contribution in [0.4, 0.5) is 0 Å². The van der Waals surface area contributed by atoms with Crippen LogP contribution in [0, 0.1) is 0 Å². The third-order valence-corrected chi connectivity index (χ3v) is 6.05. The second-order valence-electron chi connectivity index (χ2n) is 6.15. The van der Waals surface area contributed by atoms with Crippen LogP contribution >= 0.6 is 11.8 Å². The third-order valence-electron chi connectivity index (χ3n) is 4.57. The summed E-state index contributed by atoms with van der Waals surface area (Å²) >= 11 is 1.75. The molecule has 1 heterocycles. The minimum atomic E-state index is -0.201. The van der Waals surface area contributed by atoms with Crippen molar-refractivity contribution in [2.24, 2.45) is 0 Å². The van der Waals surface area contributed by atoms with Crippen LogP contribution in [0.2, 0.25) is 0 Å². The van der Waals surface area contributed by atoms with Crippen molar-refractivity contribution >= 4 is 17.7 Å². The Balaban J connectivity index is 0.000000815. The van der Waals surface area contributed by atoms with Crippen LogP contribution in [0.15, 0.2) is 59.5 Å². The number of benzene rings is 2. The maximum atomic E-state index is 13.0. The fraction of sp³-hybridized carbons (Fsp3) is 0.350. The maximum absolute atomic E-state index is 13.0. The van der Waals surface area contributed by atoms with Crippen molar-refractivity contribution in [2.45, 2.75) is 35.4 Å². The first-order chi connectivity index (χ1) is 11.8. The average molecular weight is 341 g/mol. The van der Waals surface area contributed by atoms with E-state index in [1.165, 1.54) is 16.0 Å². The van der Waals surface area contributed by atoms with Gasteiger partial charge in [0.25, 0.3) is 0 Å². The molecule has 3 nitrogen and oxygen atoms in total. The van der Waals surface area contributed by atoms with Gasteiger partial charge in [0.1, 0.15) is 0 Å². The molecule has 2 aliphatic rings. The van der Waals surface area contributed by atoms with E-state index in [0.717, 1.165) is 39.5 Å². The van der Waals surface area contributed by atoms with Gasteiger partial charge in [-0.05, 0) is 42.5 Å². The second kappa shape index (κ2) is 7.41. The lowest BCUT2D eigenvalue weighted by Crippen LogP contribution is -2.42. The predicted molar refractivity (Wildman–Crippen MR) is 98.0 cm³/mol. The topological polar surface area (TPSA) is 40.5 Å². The standard InChI is InChI=1S/C19H19NOS.CH4O/c21-18(19(11-12-19)22-17-8-2-1-3-9-17)20-13-10-15-6-4-5-7-16(15)14-20;1-2/h1-9H,10-14H2;2H,1H3. The summed E-state index contributed by atoms with van der Waals surface area (Å²) in [5, 5.41) is 7.00. The van der Waals surface area contributed by atoms with Crippen LogP contribution in [0.3, 0.4) is 0 Å². The number of hydrogen-bond donors (Lipinski definition) is 1. The van der Waals surface area contributed by atoms with E-state index in [0.29, 0.717) is 5.91 Å². The van der Waals surface area contributed by atoms with Crippen LogP contribution in [0.1, 0.15) is 24.0 Å². The van der Waals surface area contributed by atoms with E-state index in [4.69, 9.17) is 5.11 Å². The SMILES string of the molecule is CO.O=C(N1CCc2ccccc2C1)C1(Sc2ccccc2)CC1. The monoisotopic (exact) mass is 341 g/mol. The number of carbonyl (C=O) groups excluding carboxylic acids is 1. The summed E-state index contributed by atoms with van der Waals surface area (Å²) in [6.45, 7) is 1.62. The summed E-state index contributed by atoms with van der Waals surface area (Å²) < 4.78 is -0.201. The molecule has 1 aliphatic carbocycles. The van der Waals surface area contributed by atoms with E-state index >= 15 is 0 Å². The van der Waals surface area contributed by atoms with E-state index in [9.17, 15) is 4.79 Å². The minimum absolute atomic E-state index is 0.201. The van der Waals surface area contributed by atoms with E-state index in [1.807, 2.05) is 18.2 Å². The Hall–Kier alpha value is -1.78. The predicted octanol–water partition coefficient (Wildman–Crippen LogP) is 3.50. The zero-order chi connectivity index (χ0) is 17.0. The first-order valence-corrected chi connectivity index (χ1v) is 9.13. The first-order valence-electron chi connectivity index (χ1n) is 8.32. The number of carbonyl (C=O) groups is 1. The molecule has 0 spiro atoms. The van der Waals surface area contributed by atoms with Crippen LogP contribution in [0.25, 0.3) is 0 Å². The first kappa shape index (κ1) is 17.1. The number of amides is 1. The molecule has 4 rings (SSSR count). The van der Waals surface area contributed by atoms with E-state index in [2.05, 4.69) is 41.3 Å². The van der Waals surface area contributed by atoms with Crippen molar-refractivity contribution in [3.63, 3.8) is 0 Å². The van der Waals surface area contributed by atoms with E-state index in [1.54, 1.807) is 11.8 Å². The normalized spacial score (nSPS) is 17.3. The molecule has 126 valence electrons. The van der Waals surface area contributed by atoms with Gasteiger partial charge in [-0.1, -0.05) is 42.5 Å². The summed E-state index contributed by atoms with van der Waals surface area (Å²) in [5.74, 6) is 0.329. The highest BCUT2D eigenvalue weighted by Gasteiger charge is 2.52. The molecule has 0 bridgehead atoms. The average Bonchev–Trinajstić information content (AvgIpc) is 3.44. The van der Waals surface area contributed by atoms with Gasteiger partial charge in [-0.15, -0.1) is 11.8 Å². The van der Waals surface area contributed by atoms with Gasteiger partial charge in [-0.2, -0.15) is 0 Å². The van der Waals surface area contributed by atoms with Crippen molar-refractivity contribution in [3.05, 3.63) is 65.7 Å². The molecule has 1 amide bonds. The van der Waals surface area contributed by atoms with Gasteiger partial charge >= 0.3 is 0 Å². The summed E-state index contributed by atoms with van der Waals surface area (Å²) in [5.41, 5.74) is 2.70. The summed E-state index contributed by atoms with van der Waals surface area (Å²) in [6.07, 6.45) is 2.99. The molecular formula is C20H23NO2S. The van der Waals surface area contributed by atoms with Crippen LogP contribution in [-0.4, -0.2) is 34.3 Å². The molecule has 0 saturated heterocycles. The van der Waals surface area contributed by atoms with Crippen molar-refractivity contribution in [3.8, 4) is 0 Å². The number of rotatable bonds is 3. The van der Waals surface area contributed by atoms with Gasteiger partial charge in [-0.25, -0.2) is 0 Å². The fourth-order valence-corrected chi connectivity index (χ4v) is 4.41. The highest BCUT2D eigenvalue weighted by molar-refractivity contribution is 8.01. The molecule has 0 unspecified atom stereocenters. The maximum Gasteiger partial charge on any atom is 0.239 e. The van der Waals surface area contributed by atoms with Gasteiger partial charge in [0.15, 0.2) is 0 Å². The van der Waals surface area contributed by atoms with Gasteiger partial charge in [0, 0.05) is 25.1 Å². The largest absolute Gasteiger partial charge is 0.400 e. The molecule has 0 aromatic heterocycles. The Morgan fingerprint density at radius 2 is 1.62 bits per heavy atom. The van der Waals surface area contributed by atoms with Crippen molar-refractivity contribution in [2.75, 3.05) is 13.7 Å². The molecule has 1 N–H and O–H groups in total. The Morgan fingerprint density at radius 1 is 1.00 bits per heavy atom. The quantitative estimate of drug-likeness (QED) is 0.929. The van der Waals surface area contributed by atoms with Crippen molar-refractivity contribution in [1.29, 1.82) is 0 Å². The van der Waals surface area contributed by atoms with Gasteiger partial charge in [0.2, 0.25) is 5.91 Å². The summed E-state index contributed by atoms with van der Waals surface area (Å²) in [6, 6.07) is 18.8. The van der Waals surface area contributed by atoms with E-state index in [-0.39, 0.29) is 4.75 Å². The number of aliphatic hydroxyl groups is 1. The summed E-state index contributed by atoms with van der Waals surface area (Å²) in [7, 11) is 1.00. The Labute approximate surface area is 147 Å². The van der Waals surface area contributed by atoms with Gasteiger partial charge in [0.05, 0.1) is 4.75 Å². The number of hydrogen-bond acceptors (Lipinski definition) is 3. The summed E-state index contributed by atoms with van der Waals surface area (Å²) in [4.78, 5) is 16.3. The second-order valence-corrected chi connectivity index (χ2v) is 7.61. The van der Waals surface area contributed by atoms with Gasteiger partial charge < -0.3 is 10.0 Å². The van der Waals surface area contributed by atoms with Gasteiger partial charge in [-0.3, -0.25) is 4.79 Å². The minimum Gasteiger partial charge on any atom is -0.400 e. The highest BCUT2D eigenvalue weighted by Crippen LogP contribution is 2.53. The number of thioether (sulfide) groups is 1. The number of aliphatic hydroxyl groups excluding tert-OH is 1. The lowest BCUT2D eigenvalue weighted by molar-refractivity contribution is -0.132. The number of fused-ring (bicyclic) bond motifs is 1. The molecule has 1 saturated carbocycles. The molecule has 0 atom stereocenters. The third kappa shape index (κ3) is 3.50. The Morgan fingerprint density at radius 3 is 2.29 bits per heavy atom. The smallest absolute Gasteiger partial charge is 0.239 e. The van der Waals surface area contributed by atoms with Crippen LogP contribution in [0.5, 0.6) is 0 Å². The molecule has 2 aromatic rings. The molecule has 0 radical (unpaired) electrons. The molecule has 24 heavy (non-hydrogen) atoms. The van der Waals surface area contributed by atoms with E-state index < -0.39 is 0 Å². The molecular weight excluding hydrogens is 318 g/mol. The molecule has 4 heteroatoms. The van der Waals surface area contributed by atoms with Crippen LogP contribution in [-0.2, 0) is 17.8 Å². The lowest BCUT2D eigenvalue weighted by Gasteiger charge is -2.31. The lowest BCUT2D eigenvalue weighted by atomic mass is 9.99. The highest BCUT2D eigenvalue weighted by atomic mass is 32.2.